The van der Waals surface area contributed by atoms with Crippen molar-refractivity contribution >= 4 is 5.82 Å². The van der Waals surface area contributed by atoms with Crippen LogP contribution in [-0.2, 0) is 0 Å². The van der Waals surface area contributed by atoms with Gasteiger partial charge in [0.1, 0.15) is 24.6 Å². The smallest absolute Gasteiger partial charge is 0.151 e. The predicted octanol–water partition coefficient (Wildman–Crippen LogP) is 3.39. The summed E-state index contributed by atoms with van der Waals surface area (Å²) in [4.78, 5) is 1.93. The summed E-state index contributed by atoms with van der Waals surface area (Å²) in [6, 6.07) is 8.79. The normalized spacial score (nSPS) is 25.9. The molecular weight excluding hydrogens is 371 g/mol. The standard InChI is InChI=1S/C21H23FN6O/c1-27(18-9-13-2-3-14(8-13)21(18)22)20-7-6-17(25-26-20)16-5-4-15(10-19(16)29)28-11-23-24-12-28/h4-7,10-14,18,21,29H,2-3,8-9H2,1H3/t13-,14+,18+,21-/m1/s1. The van der Waals surface area contributed by atoms with Crippen LogP contribution in [0.2, 0.25) is 0 Å². The summed E-state index contributed by atoms with van der Waals surface area (Å²) in [6.45, 7) is 0. The van der Waals surface area contributed by atoms with E-state index in [-0.39, 0.29) is 17.7 Å². The lowest BCUT2D eigenvalue weighted by Gasteiger charge is -2.38. The largest absolute Gasteiger partial charge is 0.507 e. The van der Waals surface area contributed by atoms with Crippen LogP contribution >= 0.6 is 0 Å². The number of anilines is 1. The highest BCUT2D eigenvalue weighted by Gasteiger charge is 2.44. The SMILES string of the molecule is CN(c1ccc(-c2ccc(-n3cnnc3)cc2O)nn1)[C@H]1C[C@@H]2CC[C@@H](C2)[C@H]1F. The molecule has 2 bridgehead atoms. The molecule has 0 radical (unpaired) electrons. The van der Waals surface area contributed by atoms with E-state index in [4.69, 9.17) is 0 Å². The highest BCUT2D eigenvalue weighted by Crippen LogP contribution is 2.45. The topological polar surface area (TPSA) is 80.0 Å². The lowest BCUT2D eigenvalue weighted by atomic mass is 9.83. The fraction of sp³-hybridized carbons (Fsp3) is 0.429. The number of benzene rings is 1. The predicted molar refractivity (Wildman–Crippen MR) is 107 cm³/mol. The van der Waals surface area contributed by atoms with E-state index in [0.29, 0.717) is 23.0 Å². The molecule has 2 aliphatic carbocycles. The van der Waals surface area contributed by atoms with Gasteiger partial charge in [-0.3, -0.25) is 4.57 Å². The summed E-state index contributed by atoms with van der Waals surface area (Å²) in [6.07, 6.45) is 6.37. The van der Waals surface area contributed by atoms with Crippen molar-refractivity contribution in [3.63, 3.8) is 0 Å². The fourth-order valence-corrected chi connectivity index (χ4v) is 4.83. The first kappa shape index (κ1) is 18.0. The van der Waals surface area contributed by atoms with Crippen molar-refractivity contribution in [3.05, 3.63) is 43.0 Å². The van der Waals surface area contributed by atoms with E-state index in [1.54, 1.807) is 29.4 Å². The maximum atomic E-state index is 14.9. The number of aromatic nitrogens is 5. The molecule has 2 saturated carbocycles. The van der Waals surface area contributed by atoms with Crippen molar-refractivity contribution < 1.29 is 9.50 Å². The molecule has 4 atom stereocenters. The number of fused-ring (bicyclic) bond motifs is 2. The van der Waals surface area contributed by atoms with Crippen LogP contribution in [0, 0.1) is 11.8 Å². The van der Waals surface area contributed by atoms with E-state index in [1.165, 1.54) is 0 Å². The molecule has 0 amide bonds. The Morgan fingerprint density at radius 3 is 2.62 bits per heavy atom. The summed E-state index contributed by atoms with van der Waals surface area (Å²) in [5, 5.41) is 26.6. The number of hydrogen-bond donors (Lipinski definition) is 1. The Morgan fingerprint density at radius 2 is 1.90 bits per heavy atom. The molecular formula is C21H23FN6O. The van der Waals surface area contributed by atoms with Gasteiger partial charge in [-0.25, -0.2) is 4.39 Å². The zero-order chi connectivity index (χ0) is 20.0. The monoisotopic (exact) mass is 394 g/mol. The van der Waals surface area contributed by atoms with E-state index in [1.807, 2.05) is 30.1 Å². The minimum Gasteiger partial charge on any atom is -0.507 e. The van der Waals surface area contributed by atoms with Crippen molar-refractivity contribution in [1.29, 1.82) is 0 Å². The zero-order valence-electron chi connectivity index (χ0n) is 16.2. The van der Waals surface area contributed by atoms with Crippen LogP contribution in [0.4, 0.5) is 10.2 Å². The number of phenolic OH excluding ortho intramolecular Hbond substituents is 1. The van der Waals surface area contributed by atoms with Gasteiger partial charge in [0.15, 0.2) is 5.82 Å². The first-order valence-corrected chi connectivity index (χ1v) is 9.99. The van der Waals surface area contributed by atoms with Gasteiger partial charge in [-0.1, -0.05) is 0 Å². The molecule has 150 valence electrons. The van der Waals surface area contributed by atoms with Crippen LogP contribution in [0.15, 0.2) is 43.0 Å². The second-order valence-corrected chi connectivity index (χ2v) is 8.14. The molecule has 8 heteroatoms. The Bertz CT molecular complexity index is 993. The van der Waals surface area contributed by atoms with Crippen molar-refractivity contribution in [1.82, 2.24) is 25.0 Å². The molecule has 1 aromatic carbocycles. The summed E-state index contributed by atoms with van der Waals surface area (Å²) < 4.78 is 16.6. The molecule has 29 heavy (non-hydrogen) atoms. The third kappa shape index (κ3) is 3.22. The minimum absolute atomic E-state index is 0.0966. The number of rotatable bonds is 4. The second-order valence-electron chi connectivity index (χ2n) is 8.14. The molecule has 7 nitrogen and oxygen atoms in total. The summed E-state index contributed by atoms with van der Waals surface area (Å²) in [5.74, 6) is 1.57. The lowest BCUT2D eigenvalue weighted by Crippen LogP contribution is -2.46. The molecule has 2 aromatic heterocycles. The Labute approximate surface area is 168 Å². The molecule has 1 N–H and O–H groups in total. The van der Waals surface area contributed by atoms with Crippen molar-refractivity contribution in [2.45, 2.75) is 37.9 Å². The second kappa shape index (κ2) is 7.09. The van der Waals surface area contributed by atoms with E-state index in [9.17, 15) is 9.50 Å². The Morgan fingerprint density at radius 1 is 1.07 bits per heavy atom. The minimum atomic E-state index is -0.811. The maximum absolute atomic E-state index is 14.9. The van der Waals surface area contributed by atoms with Crippen LogP contribution in [0.3, 0.4) is 0 Å². The highest BCUT2D eigenvalue weighted by atomic mass is 19.1. The van der Waals surface area contributed by atoms with E-state index in [2.05, 4.69) is 20.4 Å². The van der Waals surface area contributed by atoms with Crippen LogP contribution in [0.1, 0.15) is 25.7 Å². The van der Waals surface area contributed by atoms with Crippen LogP contribution in [0.25, 0.3) is 16.9 Å². The Kier molecular flexibility index (Phi) is 4.41. The molecule has 0 spiro atoms. The Balaban J connectivity index is 1.36. The third-order valence-corrected chi connectivity index (χ3v) is 6.46. The Hall–Kier alpha value is -3.03. The molecule has 2 heterocycles. The molecule has 5 rings (SSSR count). The van der Waals surface area contributed by atoms with Gasteiger partial charge in [0.05, 0.1) is 17.4 Å². The van der Waals surface area contributed by atoms with Gasteiger partial charge in [0.25, 0.3) is 0 Å². The number of alkyl halides is 1. The molecule has 0 aliphatic heterocycles. The molecule has 2 aliphatic rings. The van der Waals surface area contributed by atoms with E-state index < -0.39 is 6.17 Å². The number of halogens is 1. The number of phenols is 1. The third-order valence-electron chi connectivity index (χ3n) is 6.46. The average molecular weight is 394 g/mol. The van der Waals surface area contributed by atoms with Gasteiger partial charge in [-0.05, 0) is 61.8 Å². The van der Waals surface area contributed by atoms with Gasteiger partial charge in [-0.2, -0.15) is 0 Å². The zero-order valence-corrected chi connectivity index (χ0v) is 16.2. The molecule has 3 aromatic rings. The summed E-state index contributed by atoms with van der Waals surface area (Å²) in [7, 11) is 1.90. The van der Waals surface area contributed by atoms with Gasteiger partial charge >= 0.3 is 0 Å². The summed E-state index contributed by atoms with van der Waals surface area (Å²) >= 11 is 0. The van der Waals surface area contributed by atoms with Crippen LogP contribution < -0.4 is 4.90 Å². The molecule has 2 fully saturated rings. The van der Waals surface area contributed by atoms with Gasteiger partial charge < -0.3 is 10.0 Å². The first-order chi connectivity index (χ1) is 14.1. The lowest BCUT2D eigenvalue weighted by molar-refractivity contribution is 0.144. The number of hydrogen-bond acceptors (Lipinski definition) is 6. The van der Waals surface area contributed by atoms with Crippen molar-refractivity contribution in [3.8, 4) is 22.7 Å². The van der Waals surface area contributed by atoms with Gasteiger partial charge in [0.2, 0.25) is 0 Å². The van der Waals surface area contributed by atoms with Crippen LogP contribution in [-0.4, -0.2) is 49.3 Å². The average Bonchev–Trinajstić information content (AvgIpc) is 3.41. The van der Waals surface area contributed by atoms with Crippen molar-refractivity contribution in [2.75, 3.05) is 11.9 Å². The van der Waals surface area contributed by atoms with E-state index in [0.717, 1.165) is 31.4 Å². The van der Waals surface area contributed by atoms with E-state index >= 15 is 0 Å². The van der Waals surface area contributed by atoms with Crippen LogP contribution in [0.5, 0.6) is 5.75 Å². The van der Waals surface area contributed by atoms with Gasteiger partial charge in [0, 0.05) is 18.7 Å². The first-order valence-electron chi connectivity index (χ1n) is 9.99. The number of aromatic hydroxyl groups is 1. The summed E-state index contributed by atoms with van der Waals surface area (Å²) in [5.41, 5.74) is 1.90. The molecule has 0 saturated heterocycles. The quantitative estimate of drug-likeness (QED) is 0.731. The fourth-order valence-electron chi connectivity index (χ4n) is 4.83. The maximum Gasteiger partial charge on any atom is 0.151 e. The highest BCUT2D eigenvalue weighted by molar-refractivity contribution is 5.69. The number of nitrogens with zero attached hydrogens (tertiary/aromatic N) is 6. The molecule has 0 unspecified atom stereocenters. The van der Waals surface area contributed by atoms with Gasteiger partial charge in [-0.15, -0.1) is 20.4 Å². The van der Waals surface area contributed by atoms with Crippen molar-refractivity contribution in [2.24, 2.45) is 11.8 Å².